The second-order valence-electron chi connectivity index (χ2n) is 5.48. The molecule has 0 bridgehead atoms. The van der Waals surface area contributed by atoms with Gasteiger partial charge in [0.1, 0.15) is 0 Å². The monoisotopic (exact) mass is 342 g/mol. The molecule has 2 saturated heterocycles. The van der Waals surface area contributed by atoms with Gasteiger partial charge in [-0.15, -0.1) is 0 Å². The highest BCUT2D eigenvalue weighted by atomic mass is 35.5. The molecule has 1 aromatic rings. The molecule has 0 radical (unpaired) electrons. The number of carbonyl (C=O) groups is 1. The third-order valence-corrected chi connectivity index (χ3v) is 5.61. The topological polar surface area (TPSA) is 23.6 Å². The first-order valence-electron chi connectivity index (χ1n) is 6.85. The lowest BCUT2D eigenvalue weighted by atomic mass is 10.0. The van der Waals surface area contributed by atoms with Gasteiger partial charge in [-0.05, 0) is 35.4 Å². The van der Waals surface area contributed by atoms with E-state index < -0.39 is 0 Å². The number of hydrogen-bond acceptors (Lipinski definition) is 3. The van der Waals surface area contributed by atoms with Crippen molar-refractivity contribution >= 4 is 41.1 Å². The zero-order valence-electron chi connectivity index (χ0n) is 11.5. The van der Waals surface area contributed by atoms with Crippen LogP contribution in [0, 0.1) is 11.8 Å². The van der Waals surface area contributed by atoms with Crippen molar-refractivity contribution < 1.29 is 4.79 Å². The number of amides is 1. The van der Waals surface area contributed by atoms with Crippen molar-refractivity contribution in [1.82, 2.24) is 9.21 Å². The van der Waals surface area contributed by atoms with Gasteiger partial charge < -0.3 is 4.90 Å². The first kappa shape index (κ1) is 15.2. The summed E-state index contributed by atoms with van der Waals surface area (Å²) in [6, 6.07) is 5.07. The van der Waals surface area contributed by atoms with Gasteiger partial charge in [-0.2, -0.15) is 0 Å². The quantitative estimate of drug-likeness (QED) is 0.780. The van der Waals surface area contributed by atoms with Gasteiger partial charge in [-0.25, -0.2) is 4.31 Å². The maximum Gasteiger partial charge on any atom is 0.253 e. The van der Waals surface area contributed by atoms with Gasteiger partial charge in [-0.1, -0.05) is 41.7 Å². The van der Waals surface area contributed by atoms with Gasteiger partial charge in [0.25, 0.3) is 5.91 Å². The lowest BCUT2D eigenvalue weighted by Crippen LogP contribution is -2.31. The van der Waals surface area contributed by atoms with Crippen molar-refractivity contribution in [2.45, 2.75) is 0 Å². The molecule has 0 spiro atoms. The fourth-order valence-corrected chi connectivity index (χ4v) is 4.18. The van der Waals surface area contributed by atoms with Crippen LogP contribution in [-0.2, 0) is 0 Å². The van der Waals surface area contributed by atoms with Crippen LogP contribution in [0.25, 0.3) is 0 Å². The highest BCUT2D eigenvalue weighted by Crippen LogP contribution is 2.35. The molecule has 1 amide bonds. The van der Waals surface area contributed by atoms with Crippen LogP contribution in [0.3, 0.4) is 0 Å². The first-order chi connectivity index (χ1) is 10.1. The summed E-state index contributed by atoms with van der Waals surface area (Å²) in [6.07, 6.45) is 0. The smallest absolute Gasteiger partial charge is 0.253 e. The molecule has 2 unspecified atom stereocenters. The summed E-state index contributed by atoms with van der Waals surface area (Å²) in [6.45, 7) is 7.43. The Bertz CT molecular complexity index is 567. The molecule has 3 nitrogen and oxygen atoms in total. The van der Waals surface area contributed by atoms with Crippen LogP contribution in [0.1, 0.15) is 10.4 Å². The van der Waals surface area contributed by atoms with Gasteiger partial charge >= 0.3 is 0 Å². The lowest BCUT2D eigenvalue weighted by molar-refractivity contribution is 0.0779. The molecule has 2 fully saturated rings. The van der Waals surface area contributed by atoms with E-state index in [-0.39, 0.29) is 5.91 Å². The first-order valence-corrected chi connectivity index (χ1v) is 8.44. The van der Waals surface area contributed by atoms with Crippen LogP contribution in [0.15, 0.2) is 30.2 Å². The SMILES string of the molecule is C=CSN1CC2CN(C(=O)c3ccc(Cl)c(Cl)c3)CC2C1. The fraction of sp³-hybridized carbons (Fsp3) is 0.400. The third-order valence-electron chi connectivity index (χ3n) is 4.13. The number of fused-ring (bicyclic) bond motifs is 1. The molecular weight excluding hydrogens is 327 g/mol. The Morgan fingerprint density at radius 3 is 2.43 bits per heavy atom. The Morgan fingerprint density at radius 2 is 1.86 bits per heavy atom. The number of likely N-dealkylation sites (tertiary alicyclic amines) is 1. The van der Waals surface area contributed by atoms with Gasteiger partial charge in [0.2, 0.25) is 0 Å². The van der Waals surface area contributed by atoms with Crippen molar-refractivity contribution in [3.05, 3.63) is 45.8 Å². The number of halogens is 2. The molecule has 6 heteroatoms. The normalized spacial score (nSPS) is 25.1. The molecule has 2 aliphatic rings. The molecule has 0 saturated carbocycles. The van der Waals surface area contributed by atoms with E-state index in [0.29, 0.717) is 27.4 Å². The number of carbonyl (C=O) groups excluding carboxylic acids is 1. The zero-order valence-corrected chi connectivity index (χ0v) is 13.8. The summed E-state index contributed by atoms with van der Waals surface area (Å²) in [5.41, 5.74) is 0.613. The Morgan fingerprint density at radius 1 is 1.19 bits per heavy atom. The number of benzene rings is 1. The molecule has 1 aromatic carbocycles. The Hall–Kier alpha value is -0.680. The van der Waals surface area contributed by atoms with Crippen molar-refractivity contribution in [3.63, 3.8) is 0 Å². The summed E-state index contributed by atoms with van der Waals surface area (Å²) in [5, 5.41) is 2.76. The van der Waals surface area contributed by atoms with Gasteiger partial charge in [0.05, 0.1) is 10.0 Å². The van der Waals surface area contributed by atoms with E-state index in [1.807, 2.05) is 10.3 Å². The number of hydrogen-bond donors (Lipinski definition) is 0. The predicted molar refractivity (Wildman–Crippen MR) is 88.7 cm³/mol. The minimum Gasteiger partial charge on any atom is -0.338 e. The molecule has 112 valence electrons. The molecule has 2 atom stereocenters. The summed E-state index contributed by atoms with van der Waals surface area (Å²) in [4.78, 5) is 14.5. The predicted octanol–water partition coefficient (Wildman–Crippen LogP) is 3.79. The van der Waals surface area contributed by atoms with Crippen LogP contribution >= 0.6 is 35.1 Å². The fourth-order valence-electron chi connectivity index (χ4n) is 3.12. The van der Waals surface area contributed by atoms with Gasteiger partial charge in [0, 0.05) is 31.7 Å². The summed E-state index contributed by atoms with van der Waals surface area (Å²) < 4.78 is 2.32. The summed E-state index contributed by atoms with van der Waals surface area (Å²) in [7, 11) is 0. The van der Waals surface area contributed by atoms with E-state index in [9.17, 15) is 4.79 Å². The average Bonchev–Trinajstić information content (AvgIpc) is 2.99. The number of nitrogens with zero attached hydrogens (tertiary/aromatic N) is 2. The molecule has 2 heterocycles. The van der Waals surface area contributed by atoms with E-state index in [1.54, 1.807) is 30.1 Å². The van der Waals surface area contributed by atoms with Crippen LogP contribution < -0.4 is 0 Å². The van der Waals surface area contributed by atoms with Crippen molar-refractivity contribution in [2.24, 2.45) is 11.8 Å². The zero-order chi connectivity index (χ0) is 15.0. The minimum absolute atomic E-state index is 0.0471. The molecule has 3 rings (SSSR count). The van der Waals surface area contributed by atoms with Crippen LogP contribution in [0.4, 0.5) is 0 Å². The molecular formula is C15H16Cl2N2OS. The second-order valence-corrected chi connectivity index (χ2v) is 7.35. The Balaban J connectivity index is 1.66. The maximum atomic E-state index is 12.5. The molecule has 0 aromatic heterocycles. The largest absolute Gasteiger partial charge is 0.338 e. The Kier molecular flexibility index (Phi) is 4.50. The average molecular weight is 343 g/mol. The maximum absolute atomic E-state index is 12.5. The summed E-state index contributed by atoms with van der Waals surface area (Å²) in [5.74, 6) is 1.17. The highest BCUT2D eigenvalue weighted by molar-refractivity contribution is 7.99. The number of rotatable bonds is 3. The molecule has 0 aliphatic carbocycles. The van der Waals surface area contributed by atoms with Crippen molar-refractivity contribution in [2.75, 3.05) is 26.2 Å². The van der Waals surface area contributed by atoms with Crippen LogP contribution in [0.2, 0.25) is 10.0 Å². The van der Waals surface area contributed by atoms with Crippen LogP contribution in [0.5, 0.6) is 0 Å². The molecule has 2 aliphatic heterocycles. The summed E-state index contributed by atoms with van der Waals surface area (Å²) >= 11 is 13.6. The van der Waals surface area contributed by atoms with E-state index in [0.717, 1.165) is 26.2 Å². The van der Waals surface area contributed by atoms with Gasteiger partial charge in [-0.3, -0.25) is 4.79 Å². The second kappa shape index (κ2) is 6.21. The minimum atomic E-state index is 0.0471. The van der Waals surface area contributed by atoms with E-state index in [4.69, 9.17) is 23.2 Å². The van der Waals surface area contributed by atoms with Crippen molar-refractivity contribution in [3.8, 4) is 0 Å². The van der Waals surface area contributed by atoms with E-state index in [2.05, 4.69) is 10.9 Å². The molecule has 0 N–H and O–H groups in total. The van der Waals surface area contributed by atoms with E-state index in [1.165, 1.54) is 0 Å². The highest BCUT2D eigenvalue weighted by Gasteiger charge is 2.41. The van der Waals surface area contributed by atoms with Crippen LogP contribution in [-0.4, -0.2) is 41.3 Å². The Labute approximate surface area is 139 Å². The molecule has 21 heavy (non-hydrogen) atoms. The van der Waals surface area contributed by atoms with E-state index >= 15 is 0 Å². The van der Waals surface area contributed by atoms with Gasteiger partial charge in [0.15, 0.2) is 0 Å². The lowest BCUT2D eigenvalue weighted by Gasteiger charge is -2.20. The van der Waals surface area contributed by atoms with Crippen molar-refractivity contribution in [1.29, 1.82) is 0 Å². The third kappa shape index (κ3) is 3.09. The standard InChI is InChI=1S/C15H16Cl2N2OS/c1-2-21-19-8-11-6-18(7-12(11)9-19)15(20)10-3-4-13(16)14(17)5-10/h2-5,11-12H,1,6-9H2.